The summed E-state index contributed by atoms with van der Waals surface area (Å²) in [6.45, 7) is 6.21. The molecule has 1 aliphatic heterocycles. The van der Waals surface area contributed by atoms with Crippen molar-refractivity contribution in [2.24, 2.45) is 0 Å². The fourth-order valence-corrected chi connectivity index (χ4v) is 2.89. The molecule has 0 radical (unpaired) electrons. The van der Waals surface area contributed by atoms with Crippen molar-refractivity contribution < 1.29 is 4.74 Å². The molecule has 0 aliphatic carbocycles. The zero-order valence-electron chi connectivity index (χ0n) is 14.3. The first-order valence-electron chi connectivity index (χ1n) is 8.02. The van der Waals surface area contributed by atoms with Crippen LogP contribution in [0.5, 0.6) is 0 Å². The first-order valence-corrected chi connectivity index (χ1v) is 8.02. The van der Waals surface area contributed by atoms with Gasteiger partial charge >= 0.3 is 0 Å². The first kappa shape index (κ1) is 16.1. The molecule has 0 spiro atoms. The Morgan fingerprint density at radius 3 is 2.91 bits per heavy atom. The maximum atomic E-state index is 12.6. The van der Waals surface area contributed by atoms with E-state index in [0.29, 0.717) is 24.2 Å². The maximum absolute atomic E-state index is 12.6. The van der Waals surface area contributed by atoms with Crippen LogP contribution in [0.1, 0.15) is 31.5 Å². The molecule has 0 saturated carbocycles. The number of nitrogens with zero attached hydrogens (tertiary/aromatic N) is 4. The Morgan fingerprint density at radius 2 is 2.17 bits per heavy atom. The molecule has 6 nitrogen and oxygen atoms in total. The zero-order chi connectivity index (χ0) is 16.6. The van der Waals surface area contributed by atoms with Crippen molar-refractivity contribution >= 4 is 11.0 Å². The van der Waals surface area contributed by atoms with Crippen molar-refractivity contribution in [2.75, 3.05) is 20.6 Å². The van der Waals surface area contributed by atoms with Crippen molar-refractivity contribution in [1.29, 1.82) is 0 Å². The fourth-order valence-electron chi connectivity index (χ4n) is 2.89. The quantitative estimate of drug-likeness (QED) is 0.857. The summed E-state index contributed by atoms with van der Waals surface area (Å²) in [5.74, 6) is 0. The zero-order valence-corrected chi connectivity index (χ0v) is 14.3. The number of aromatic nitrogens is 3. The predicted molar refractivity (Wildman–Crippen MR) is 89.5 cm³/mol. The van der Waals surface area contributed by atoms with Crippen LogP contribution in [0.2, 0.25) is 0 Å². The molecule has 0 unspecified atom stereocenters. The van der Waals surface area contributed by atoms with Gasteiger partial charge in [0.2, 0.25) is 0 Å². The summed E-state index contributed by atoms with van der Waals surface area (Å²) in [4.78, 5) is 23.8. The molecule has 1 aliphatic rings. The summed E-state index contributed by atoms with van der Waals surface area (Å²) < 4.78 is 7.50. The number of rotatable bonds is 4. The number of hydrogen-bond acceptors (Lipinski definition) is 5. The molecule has 0 N–H and O–H groups in total. The molecule has 0 saturated heterocycles. The standard InChI is InChI=1S/C17H24N4O2/c1-17(2)9-14-12(10-23-17)8-13-15(19-14)18-11-21(16(13)22)7-5-6-20(3)4/h8,11H,5-7,9-10H2,1-4H3. The summed E-state index contributed by atoms with van der Waals surface area (Å²) in [7, 11) is 4.05. The number of pyridine rings is 1. The normalized spacial score (nSPS) is 16.7. The molecule has 0 fully saturated rings. The molecule has 2 aromatic rings. The molecule has 2 aromatic heterocycles. The molecule has 124 valence electrons. The second-order valence-electron chi connectivity index (χ2n) is 7.09. The second-order valence-corrected chi connectivity index (χ2v) is 7.09. The minimum Gasteiger partial charge on any atom is -0.370 e. The van der Waals surface area contributed by atoms with Crippen molar-refractivity contribution in [3.8, 4) is 0 Å². The number of aryl methyl sites for hydroxylation is 1. The highest BCUT2D eigenvalue weighted by molar-refractivity contribution is 5.74. The lowest BCUT2D eigenvalue weighted by atomic mass is 9.95. The van der Waals surface area contributed by atoms with Gasteiger partial charge in [-0.25, -0.2) is 9.97 Å². The Labute approximate surface area is 136 Å². The Bertz CT molecular complexity index is 780. The van der Waals surface area contributed by atoms with E-state index in [2.05, 4.69) is 28.7 Å². The molecule has 3 heterocycles. The highest BCUT2D eigenvalue weighted by atomic mass is 16.5. The molecule has 0 atom stereocenters. The van der Waals surface area contributed by atoms with Gasteiger partial charge in [0.15, 0.2) is 5.65 Å². The summed E-state index contributed by atoms with van der Waals surface area (Å²) in [5, 5.41) is 0.583. The van der Waals surface area contributed by atoms with E-state index >= 15 is 0 Å². The third-order valence-corrected chi connectivity index (χ3v) is 4.20. The molecular formula is C17H24N4O2. The van der Waals surface area contributed by atoms with E-state index in [1.807, 2.05) is 20.2 Å². The Balaban J connectivity index is 1.94. The minimum atomic E-state index is -0.213. The third kappa shape index (κ3) is 3.43. The molecule has 3 rings (SSSR count). The van der Waals surface area contributed by atoms with E-state index in [4.69, 9.17) is 4.74 Å². The van der Waals surface area contributed by atoms with Crippen LogP contribution < -0.4 is 5.56 Å². The van der Waals surface area contributed by atoms with E-state index in [0.717, 1.165) is 30.6 Å². The summed E-state index contributed by atoms with van der Waals surface area (Å²) in [6, 6.07) is 1.91. The van der Waals surface area contributed by atoms with Crippen molar-refractivity contribution in [1.82, 2.24) is 19.4 Å². The van der Waals surface area contributed by atoms with Crippen molar-refractivity contribution in [3.63, 3.8) is 0 Å². The van der Waals surface area contributed by atoms with Crippen LogP contribution in [0.15, 0.2) is 17.2 Å². The summed E-state index contributed by atoms with van der Waals surface area (Å²) in [6.07, 6.45) is 3.27. The molecule has 0 amide bonds. The lowest BCUT2D eigenvalue weighted by molar-refractivity contribution is -0.0411. The molecule has 23 heavy (non-hydrogen) atoms. The fraction of sp³-hybridized carbons (Fsp3) is 0.588. The van der Waals surface area contributed by atoms with Gasteiger partial charge in [-0.2, -0.15) is 0 Å². The molecule has 0 aromatic carbocycles. The van der Waals surface area contributed by atoms with Gasteiger partial charge < -0.3 is 9.64 Å². The van der Waals surface area contributed by atoms with Crippen LogP contribution in [-0.2, 0) is 24.3 Å². The van der Waals surface area contributed by atoms with Crippen LogP contribution >= 0.6 is 0 Å². The van der Waals surface area contributed by atoms with Gasteiger partial charge in [-0.1, -0.05) is 0 Å². The smallest absolute Gasteiger partial charge is 0.262 e. The van der Waals surface area contributed by atoms with E-state index in [9.17, 15) is 4.79 Å². The van der Waals surface area contributed by atoms with Gasteiger partial charge in [0.05, 0.1) is 29.6 Å². The lowest BCUT2D eigenvalue weighted by Gasteiger charge is -2.31. The van der Waals surface area contributed by atoms with E-state index in [1.54, 1.807) is 10.9 Å². The lowest BCUT2D eigenvalue weighted by Crippen LogP contribution is -2.33. The Hall–Kier alpha value is -1.79. The van der Waals surface area contributed by atoms with Gasteiger partial charge in [-0.15, -0.1) is 0 Å². The highest BCUT2D eigenvalue weighted by Crippen LogP contribution is 2.27. The van der Waals surface area contributed by atoms with Crippen LogP contribution in [-0.4, -0.2) is 45.7 Å². The van der Waals surface area contributed by atoms with Crippen molar-refractivity contribution in [3.05, 3.63) is 34.0 Å². The predicted octanol–water partition coefficient (Wildman–Crippen LogP) is 1.59. The first-order chi connectivity index (χ1) is 10.9. The van der Waals surface area contributed by atoms with Crippen LogP contribution in [0.3, 0.4) is 0 Å². The van der Waals surface area contributed by atoms with Crippen LogP contribution in [0.25, 0.3) is 11.0 Å². The molecule has 0 bridgehead atoms. The second kappa shape index (κ2) is 6.02. The van der Waals surface area contributed by atoms with Gasteiger partial charge in [0.1, 0.15) is 0 Å². The monoisotopic (exact) mass is 316 g/mol. The Morgan fingerprint density at radius 1 is 1.39 bits per heavy atom. The number of ether oxygens (including phenoxy) is 1. The van der Waals surface area contributed by atoms with Gasteiger partial charge in [0.25, 0.3) is 5.56 Å². The van der Waals surface area contributed by atoms with Gasteiger partial charge in [-0.3, -0.25) is 9.36 Å². The number of fused-ring (bicyclic) bond motifs is 2. The van der Waals surface area contributed by atoms with Gasteiger partial charge in [0, 0.05) is 18.5 Å². The Kier molecular flexibility index (Phi) is 4.21. The van der Waals surface area contributed by atoms with Crippen LogP contribution in [0.4, 0.5) is 0 Å². The van der Waals surface area contributed by atoms with E-state index < -0.39 is 0 Å². The average Bonchev–Trinajstić information content (AvgIpc) is 2.47. The van der Waals surface area contributed by atoms with Crippen LogP contribution in [0, 0.1) is 0 Å². The minimum absolute atomic E-state index is 0.0195. The third-order valence-electron chi connectivity index (χ3n) is 4.20. The van der Waals surface area contributed by atoms with Crippen molar-refractivity contribution in [2.45, 2.75) is 45.4 Å². The molecule has 6 heteroatoms. The summed E-state index contributed by atoms with van der Waals surface area (Å²) in [5.41, 5.74) is 2.30. The molecular weight excluding hydrogens is 292 g/mol. The van der Waals surface area contributed by atoms with Gasteiger partial charge in [-0.05, 0) is 47.0 Å². The average molecular weight is 316 g/mol. The maximum Gasteiger partial charge on any atom is 0.262 e. The highest BCUT2D eigenvalue weighted by Gasteiger charge is 2.27. The van der Waals surface area contributed by atoms with E-state index in [-0.39, 0.29) is 11.2 Å². The topological polar surface area (TPSA) is 60.2 Å². The largest absolute Gasteiger partial charge is 0.370 e. The summed E-state index contributed by atoms with van der Waals surface area (Å²) >= 11 is 0. The van der Waals surface area contributed by atoms with E-state index in [1.165, 1.54) is 0 Å². The number of hydrogen-bond donors (Lipinski definition) is 0. The SMILES string of the molecule is CN(C)CCCn1cnc2nc3c(cc2c1=O)COC(C)(C)C3.